The quantitative estimate of drug-likeness (QED) is 0.151. The average Bonchev–Trinajstić information content (AvgIpc) is 2.70. The first-order valence-corrected chi connectivity index (χ1v) is 14.0. The van der Waals surface area contributed by atoms with E-state index >= 15 is 0 Å². The highest BCUT2D eigenvalue weighted by Gasteiger charge is 2.39. The zero-order chi connectivity index (χ0) is 22.8. The highest BCUT2D eigenvalue weighted by atomic mass is 28.4. The van der Waals surface area contributed by atoms with E-state index in [0.29, 0.717) is 44.5 Å². The highest BCUT2D eigenvalue weighted by molar-refractivity contribution is 6.61. The minimum absolute atomic E-state index is 0.316. The summed E-state index contributed by atoms with van der Waals surface area (Å²) in [4.78, 5) is 11.1. The lowest BCUT2D eigenvalue weighted by atomic mass is 10.4. The van der Waals surface area contributed by atoms with Crippen molar-refractivity contribution in [2.24, 2.45) is 0 Å². The molecule has 0 fully saturated rings. The second kappa shape index (κ2) is 18.2. The molecular weight excluding hydrogens is 412 g/mol. The van der Waals surface area contributed by atoms with E-state index in [2.05, 4.69) is 13.5 Å². The summed E-state index contributed by atoms with van der Waals surface area (Å²) in [6.45, 7) is 15.5. The van der Waals surface area contributed by atoms with Gasteiger partial charge in [0.25, 0.3) is 0 Å². The van der Waals surface area contributed by atoms with E-state index in [1.165, 1.54) is 0 Å². The van der Waals surface area contributed by atoms with E-state index in [9.17, 15) is 4.79 Å². The Morgan fingerprint density at radius 3 is 1.55 bits per heavy atom. The summed E-state index contributed by atoms with van der Waals surface area (Å²) in [6.07, 6.45) is 1.69. The van der Waals surface area contributed by atoms with E-state index < -0.39 is 17.6 Å². The Kier molecular flexibility index (Phi) is 19.2. The van der Waals surface area contributed by atoms with Gasteiger partial charge >= 0.3 is 23.6 Å². The van der Waals surface area contributed by atoms with Gasteiger partial charge in [0.1, 0.15) is 0 Å². The van der Waals surface area contributed by atoms with Crippen LogP contribution in [0.1, 0.15) is 47.5 Å². The molecule has 0 unspecified atom stereocenters. The second-order valence-corrected chi connectivity index (χ2v) is 11.9. The maximum Gasteiger partial charge on any atom is 0.500 e. The topological polar surface area (TPSA) is 81.7 Å². The van der Waals surface area contributed by atoms with Crippen LogP contribution in [-0.2, 0) is 36.1 Å². The number of hydrogen-bond donors (Lipinski definition) is 0. The van der Waals surface area contributed by atoms with Crippen molar-refractivity contribution in [2.75, 3.05) is 47.8 Å². The van der Waals surface area contributed by atoms with Crippen LogP contribution in [0.3, 0.4) is 0 Å². The molecule has 10 heteroatoms. The van der Waals surface area contributed by atoms with Crippen molar-refractivity contribution in [3.05, 3.63) is 12.2 Å². The zero-order valence-electron chi connectivity index (χ0n) is 19.6. The number of carbonyl (C=O) groups is 1. The van der Waals surface area contributed by atoms with Gasteiger partial charge < -0.3 is 31.3 Å². The van der Waals surface area contributed by atoms with E-state index in [1.807, 2.05) is 20.8 Å². The summed E-state index contributed by atoms with van der Waals surface area (Å²) in [5.74, 6) is -0.375. The Morgan fingerprint density at radius 2 is 1.24 bits per heavy atom. The summed E-state index contributed by atoms with van der Waals surface area (Å²) >= 11 is 0. The molecule has 0 aliphatic rings. The molecule has 0 rings (SSSR count). The molecule has 174 valence electrons. The van der Waals surface area contributed by atoms with Crippen LogP contribution in [0.5, 0.6) is 0 Å². The van der Waals surface area contributed by atoms with E-state index in [-0.39, 0.29) is 5.97 Å². The molecular formula is C19H42O8Si2. The number of hydrogen-bond acceptors (Lipinski definition) is 8. The predicted molar refractivity (Wildman–Crippen MR) is 118 cm³/mol. The van der Waals surface area contributed by atoms with Gasteiger partial charge in [0.15, 0.2) is 0 Å². The van der Waals surface area contributed by atoms with Gasteiger partial charge in [-0.25, -0.2) is 4.79 Å². The standard InChI is InChI=1S/C10H20O5Si.C9H22O3Si/c1-9(2)10(11)15-7-6-8-16(12-3,13-4)14-5;1-5-9-13(10-6-2,11-7-3)12-8-4/h1,6-8H2,2-5H3;5-9H2,1-4H3. The minimum Gasteiger partial charge on any atom is -0.462 e. The molecule has 0 aromatic heterocycles. The van der Waals surface area contributed by atoms with Gasteiger partial charge in [-0.2, -0.15) is 0 Å². The molecule has 0 amide bonds. The van der Waals surface area contributed by atoms with Crippen LogP contribution in [0.15, 0.2) is 12.2 Å². The molecule has 0 aliphatic heterocycles. The van der Waals surface area contributed by atoms with Crippen molar-refractivity contribution >= 4 is 23.6 Å². The predicted octanol–water partition coefficient (Wildman–Crippen LogP) is 3.82. The molecule has 0 radical (unpaired) electrons. The first-order chi connectivity index (χ1) is 13.8. The molecule has 0 atom stereocenters. The maximum absolute atomic E-state index is 11.1. The summed E-state index contributed by atoms with van der Waals surface area (Å²) in [6, 6.07) is 1.53. The van der Waals surface area contributed by atoms with Crippen LogP contribution in [0.4, 0.5) is 0 Å². The molecule has 8 nitrogen and oxygen atoms in total. The van der Waals surface area contributed by atoms with Gasteiger partial charge in [-0.3, -0.25) is 0 Å². The van der Waals surface area contributed by atoms with Gasteiger partial charge in [0.05, 0.1) is 6.61 Å². The molecule has 0 spiro atoms. The van der Waals surface area contributed by atoms with Crippen molar-refractivity contribution in [3.8, 4) is 0 Å². The van der Waals surface area contributed by atoms with Crippen LogP contribution >= 0.6 is 0 Å². The Labute approximate surface area is 179 Å². The number of ether oxygens (including phenoxy) is 1. The Morgan fingerprint density at radius 1 is 0.793 bits per heavy atom. The number of esters is 1. The van der Waals surface area contributed by atoms with Crippen molar-refractivity contribution < 1.29 is 36.1 Å². The monoisotopic (exact) mass is 454 g/mol. The molecule has 0 aliphatic carbocycles. The fourth-order valence-electron chi connectivity index (χ4n) is 2.44. The van der Waals surface area contributed by atoms with Crippen LogP contribution in [0, 0.1) is 0 Å². The Bertz CT molecular complexity index is 393. The van der Waals surface area contributed by atoms with Crippen LogP contribution in [-0.4, -0.2) is 71.3 Å². The first kappa shape index (κ1) is 30.6. The zero-order valence-corrected chi connectivity index (χ0v) is 21.6. The SMILES string of the molecule is C=C(C)C(=O)OCCC[Si](OC)(OC)OC.CCC[Si](OCC)(OCC)OCC. The first-order valence-electron chi connectivity index (χ1n) is 10.2. The third-order valence-electron chi connectivity index (χ3n) is 3.79. The van der Waals surface area contributed by atoms with Gasteiger partial charge in [0.2, 0.25) is 0 Å². The van der Waals surface area contributed by atoms with Gasteiger partial charge in [-0.15, -0.1) is 0 Å². The normalized spacial score (nSPS) is 11.6. The molecule has 0 saturated carbocycles. The van der Waals surface area contributed by atoms with Crippen molar-refractivity contribution in [2.45, 2.75) is 59.5 Å². The lowest BCUT2D eigenvalue weighted by molar-refractivity contribution is -0.139. The van der Waals surface area contributed by atoms with Crippen LogP contribution in [0.25, 0.3) is 0 Å². The van der Waals surface area contributed by atoms with Gasteiger partial charge in [-0.1, -0.05) is 19.9 Å². The lowest BCUT2D eigenvalue weighted by Crippen LogP contribution is -2.45. The van der Waals surface area contributed by atoms with Crippen molar-refractivity contribution in [1.29, 1.82) is 0 Å². The van der Waals surface area contributed by atoms with Crippen LogP contribution in [0.2, 0.25) is 12.1 Å². The molecule has 0 N–H and O–H groups in total. The van der Waals surface area contributed by atoms with Gasteiger partial charge in [-0.05, 0) is 34.1 Å². The molecule has 0 bridgehead atoms. The highest BCUT2D eigenvalue weighted by Crippen LogP contribution is 2.17. The minimum atomic E-state index is -2.53. The third-order valence-corrected chi connectivity index (χ3v) is 9.92. The summed E-state index contributed by atoms with van der Waals surface area (Å²) in [5.41, 5.74) is 0.397. The summed E-state index contributed by atoms with van der Waals surface area (Å²) < 4.78 is 37.6. The smallest absolute Gasteiger partial charge is 0.462 e. The Hall–Kier alpha value is -0.596. The summed E-state index contributed by atoms with van der Waals surface area (Å²) in [5, 5.41) is 0. The largest absolute Gasteiger partial charge is 0.500 e. The number of carbonyl (C=O) groups excluding carboxylic acids is 1. The second-order valence-electron chi connectivity index (χ2n) is 6.05. The Balaban J connectivity index is 0. The summed E-state index contributed by atoms with van der Waals surface area (Å²) in [7, 11) is -0.162. The molecule has 0 saturated heterocycles. The van der Waals surface area contributed by atoms with Crippen molar-refractivity contribution in [1.82, 2.24) is 0 Å². The maximum atomic E-state index is 11.1. The number of rotatable bonds is 16. The third kappa shape index (κ3) is 13.3. The van der Waals surface area contributed by atoms with E-state index in [1.54, 1.807) is 28.3 Å². The fraction of sp³-hybridized carbons (Fsp3) is 0.842. The van der Waals surface area contributed by atoms with Gasteiger partial charge in [0, 0.05) is 58.8 Å². The lowest BCUT2D eigenvalue weighted by Gasteiger charge is -2.27. The molecule has 29 heavy (non-hydrogen) atoms. The fourth-order valence-corrected chi connectivity index (χ4v) is 6.74. The van der Waals surface area contributed by atoms with E-state index in [0.717, 1.165) is 12.5 Å². The van der Waals surface area contributed by atoms with Crippen molar-refractivity contribution in [3.63, 3.8) is 0 Å². The van der Waals surface area contributed by atoms with E-state index in [4.69, 9.17) is 31.3 Å². The molecule has 0 aromatic carbocycles. The molecule has 0 aromatic rings. The van der Waals surface area contributed by atoms with Crippen LogP contribution < -0.4 is 0 Å². The average molecular weight is 455 g/mol. The molecule has 0 heterocycles.